The second kappa shape index (κ2) is 27.5. The van der Waals surface area contributed by atoms with Crippen LogP contribution in [0.5, 0.6) is 0 Å². The van der Waals surface area contributed by atoms with Gasteiger partial charge >= 0.3 is 5.97 Å². The van der Waals surface area contributed by atoms with Crippen molar-refractivity contribution in [2.24, 2.45) is 0 Å². The third-order valence-corrected chi connectivity index (χ3v) is 14.9. The quantitative estimate of drug-likeness (QED) is 0.0570. The van der Waals surface area contributed by atoms with Crippen LogP contribution in [-0.4, -0.2) is 191 Å². The van der Waals surface area contributed by atoms with Crippen molar-refractivity contribution in [3.8, 4) is 0 Å². The van der Waals surface area contributed by atoms with Crippen LogP contribution in [0, 0.1) is 0 Å². The molecule has 6 rings (SSSR count). The molecule has 24 heteroatoms. The van der Waals surface area contributed by atoms with Gasteiger partial charge in [-0.15, -0.1) is 11.8 Å². The first-order valence-electron chi connectivity index (χ1n) is 25.2. The van der Waals surface area contributed by atoms with E-state index in [0.29, 0.717) is 68.7 Å². The number of thiol groups is 1. The number of thioether (sulfide) groups is 1. The number of ether oxygens (including phenoxy) is 1. The van der Waals surface area contributed by atoms with Crippen molar-refractivity contribution in [1.82, 2.24) is 56.9 Å². The Labute approximate surface area is 434 Å². The first-order valence-corrected chi connectivity index (χ1v) is 27.0. The van der Waals surface area contributed by atoms with Gasteiger partial charge in [0.05, 0.1) is 18.5 Å². The molecule has 8 atom stereocenters. The lowest BCUT2D eigenvalue weighted by atomic mass is 10.0. The number of carbonyl (C=O) groups is 10. The van der Waals surface area contributed by atoms with Crippen LogP contribution in [0.3, 0.4) is 0 Å². The smallest absolute Gasteiger partial charge is 0.329 e. The number of unbranched alkanes of at least 4 members (excludes halogenated alkanes) is 2. The fourth-order valence-electron chi connectivity index (χ4n) is 9.62. The number of rotatable bonds is 16. The number of carbonyl (C=O) groups excluding carboxylic acids is 10. The van der Waals surface area contributed by atoms with Crippen LogP contribution in [0.2, 0.25) is 0 Å². The van der Waals surface area contributed by atoms with Crippen molar-refractivity contribution in [1.29, 1.82) is 0 Å². The normalized spacial score (nSPS) is 26.2. The molecular formula is C49H71N11O11S2. The summed E-state index contributed by atoms with van der Waals surface area (Å²) in [4.78, 5) is 147. The number of likely N-dealkylation sites (tertiary alicyclic amines) is 1. The zero-order valence-corrected chi connectivity index (χ0v) is 43.5. The van der Waals surface area contributed by atoms with Crippen molar-refractivity contribution < 1.29 is 52.7 Å². The number of aromatic nitrogens is 1. The van der Waals surface area contributed by atoms with Gasteiger partial charge in [-0.3, -0.25) is 48.5 Å². The lowest BCUT2D eigenvalue weighted by molar-refractivity contribution is -0.155. The van der Waals surface area contributed by atoms with E-state index in [4.69, 9.17) is 4.74 Å². The van der Waals surface area contributed by atoms with Gasteiger partial charge in [0.25, 0.3) is 5.91 Å². The molecule has 22 nitrogen and oxygen atoms in total. The third-order valence-electron chi connectivity index (χ3n) is 13.6. The molecule has 2 aromatic rings. The lowest BCUT2D eigenvalue weighted by Crippen LogP contribution is -2.59. The van der Waals surface area contributed by atoms with E-state index in [9.17, 15) is 47.9 Å². The van der Waals surface area contributed by atoms with Gasteiger partial charge in [-0.2, -0.15) is 12.6 Å². The Morgan fingerprint density at radius 3 is 2.21 bits per heavy atom. The van der Waals surface area contributed by atoms with Crippen LogP contribution in [0.15, 0.2) is 30.5 Å². The van der Waals surface area contributed by atoms with E-state index in [-0.39, 0.29) is 68.8 Å². The predicted octanol–water partition coefficient (Wildman–Crippen LogP) is -0.737. The molecule has 400 valence electrons. The number of nitrogens with zero attached hydrogens (tertiary/aromatic N) is 3. The molecule has 4 fully saturated rings. The summed E-state index contributed by atoms with van der Waals surface area (Å²) in [7, 11) is 3.80. The van der Waals surface area contributed by atoms with Crippen LogP contribution in [0.4, 0.5) is 0 Å². The largest absolute Gasteiger partial charge is 0.454 e. The first-order chi connectivity index (χ1) is 35.0. The van der Waals surface area contributed by atoms with E-state index in [1.165, 1.54) is 16.7 Å². The monoisotopic (exact) mass is 1050 g/mol. The summed E-state index contributed by atoms with van der Waals surface area (Å²) in [6.45, 7) is 1.85. The molecule has 4 aliphatic heterocycles. The molecule has 1 aromatic heterocycles. The zero-order valence-electron chi connectivity index (χ0n) is 41.8. The minimum Gasteiger partial charge on any atom is -0.454 e. The molecule has 8 amide bonds. The second-order valence-electron chi connectivity index (χ2n) is 19.3. The van der Waals surface area contributed by atoms with Crippen LogP contribution >= 0.6 is 24.4 Å². The van der Waals surface area contributed by atoms with Gasteiger partial charge in [0.2, 0.25) is 41.4 Å². The summed E-state index contributed by atoms with van der Waals surface area (Å²) in [5, 5.41) is 20.3. The molecule has 0 bridgehead atoms. The Bertz CT molecular complexity index is 2330. The van der Waals surface area contributed by atoms with E-state index in [0.717, 1.165) is 10.9 Å². The van der Waals surface area contributed by atoms with Gasteiger partial charge in [-0.25, -0.2) is 4.79 Å². The van der Waals surface area contributed by atoms with Gasteiger partial charge < -0.3 is 56.3 Å². The van der Waals surface area contributed by atoms with Crippen molar-refractivity contribution in [2.75, 3.05) is 64.3 Å². The van der Waals surface area contributed by atoms with Gasteiger partial charge in [0.1, 0.15) is 36.3 Å². The maximum absolute atomic E-state index is 14.5. The topological polar surface area (TPSA) is 290 Å². The van der Waals surface area contributed by atoms with E-state index in [1.54, 1.807) is 18.0 Å². The fourth-order valence-corrected chi connectivity index (χ4v) is 10.8. The number of Topliss-reactive ketones (excluding diaryl/α,β-unsaturated/α-hetero) is 1. The Morgan fingerprint density at radius 2 is 1.49 bits per heavy atom. The molecule has 4 saturated heterocycles. The number of nitrogens with one attached hydrogen (secondary N) is 8. The van der Waals surface area contributed by atoms with Gasteiger partial charge in [-0.05, 0) is 103 Å². The molecule has 0 spiro atoms. The average molecular weight is 1050 g/mol. The Balaban J connectivity index is 1.30. The van der Waals surface area contributed by atoms with E-state index in [2.05, 4.69) is 54.8 Å². The summed E-state index contributed by atoms with van der Waals surface area (Å²) in [6, 6.07) is -1.61. The van der Waals surface area contributed by atoms with E-state index < -0.39 is 103 Å². The second-order valence-corrected chi connectivity index (χ2v) is 20.7. The predicted molar refractivity (Wildman–Crippen MR) is 275 cm³/mol. The molecule has 0 radical (unpaired) electrons. The molecule has 1 aromatic carbocycles. The highest BCUT2D eigenvalue weighted by molar-refractivity contribution is 7.99. The van der Waals surface area contributed by atoms with E-state index >= 15 is 0 Å². The van der Waals surface area contributed by atoms with Crippen molar-refractivity contribution in [2.45, 2.75) is 132 Å². The van der Waals surface area contributed by atoms with Crippen LogP contribution < -0.4 is 37.2 Å². The highest BCUT2D eigenvalue weighted by Gasteiger charge is 2.41. The summed E-state index contributed by atoms with van der Waals surface area (Å²) < 4.78 is 5.63. The molecule has 5 heterocycles. The number of aromatic amines is 1. The standard InChI is InChI=1S/C49H71N11O11S2/c1-29(61)39-16-10-21-60(39)48(69)35-23-41(62)53-37(26-72)46(67)54-33(15-7-9-19-58(2)3)45(66)57-36(22-30-24-51-32-13-5-4-12-31(30)32)49(70)71-25-42(63)59-20-11-17-40(59)47(68)55-34(44(65)56-35)14-6-8-18-50-43(64)38-27-73-28-52-38/h4-5,12-13,24,33-40,51-52,72H,6-11,14-23,25-28H2,1-3H3,(H,50,64)(H,53,62)(H,54,67)(H,55,68)(H,56,65)(H,57,66)/t33-,34?,35-,36-,37?,38?,39-,40-/m0/s1. The minimum atomic E-state index is -1.56. The molecule has 3 unspecified atom stereocenters. The molecular weight excluding hydrogens is 983 g/mol. The maximum Gasteiger partial charge on any atom is 0.329 e. The number of benzene rings is 1. The molecule has 4 aliphatic rings. The van der Waals surface area contributed by atoms with Crippen LogP contribution in [0.25, 0.3) is 10.9 Å². The van der Waals surface area contributed by atoms with Crippen LogP contribution in [-0.2, 0) is 59.1 Å². The number of hydrogen-bond acceptors (Lipinski definition) is 15. The Kier molecular flexibility index (Phi) is 21.3. The zero-order chi connectivity index (χ0) is 52.6. The number of cyclic esters (lactones) is 1. The van der Waals surface area contributed by atoms with Crippen molar-refractivity contribution >= 4 is 94.3 Å². The molecule has 8 N–H and O–H groups in total. The number of ketones is 1. The number of H-pyrrole nitrogens is 1. The summed E-state index contributed by atoms with van der Waals surface area (Å²) in [6.07, 6.45) is 4.48. The van der Waals surface area contributed by atoms with Gasteiger partial charge in [0, 0.05) is 60.5 Å². The number of fused-ring (bicyclic) bond motifs is 2. The summed E-state index contributed by atoms with van der Waals surface area (Å²) >= 11 is 5.96. The van der Waals surface area contributed by atoms with Crippen molar-refractivity contribution in [3.63, 3.8) is 0 Å². The third kappa shape index (κ3) is 15.9. The van der Waals surface area contributed by atoms with Gasteiger partial charge in [0.15, 0.2) is 12.4 Å². The molecule has 73 heavy (non-hydrogen) atoms. The Hall–Kier alpha value is -5.72. The summed E-state index contributed by atoms with van der Waals surface area (Å²) in [5.41, 5.74) is 1.44. The van der Waals surface area contributed by atoms with Gasteiger partial charge in [-0.1, -0.05) is 18.2 Å². The number of para-hydroxylation sites is 1. The minimum absolute atomic E-state index is 0.0257. The lowest BCUT2D eigenvalue weighted by Gasteiger charge is -2.30. The molecule has 0 saturated carbocycles. The fraction of sp³-hybridized carbons (Fsp3) is 0.633. The number of amides is 8. The average Bonchev–Trinajstić information content (AvgIpc) is 4.22. The first kappa shape index (κ1) is 56.6. The number of hydrogen-bond donors (Lipinski definition) is 9. The van der Waals surface area contributed by atoms with Crippen molar-refractivity contribution in [3.05, 3.63) is 36.0 Å². The maximum atomic E-state index is 14.5. The number of esters is 1. The SMILES string of the molecule is CC(=O)[C@@H]1CCCN1C(=O)[C@@H]1CC(=O)NC(CS)C(=O)N[C@@H](CCCCN(C)C)C(=O)N[C@@H](Cc2c[nH]c3ccccc23)C(=O)OCC(=O)N2CCC[C@H]2C(=O)NC(CCCCNC(=O)C2CSCN2)C(=O)N1. The Morgan fingerprint density at radius 1 is 0.808 bits per heavy atom. The molecule has 0 aliphatic carbocycles. The summed E-state index contributed by atoms with van der Waals surface area (Å²) in [5.74, 6) is -5.59. The van der Waals surface area contributed by atoms with Crippen LogP contribution in [0.1, 0.15) is 83.1 Å². The highest BCUT2D eigenvalue weighted by Crippen LogP contribution is 2.23. The van der Waals surface area contributed by atoms with E-state index in [1.807, 2.05) is 43.3 Å². The highest BCUT2D eigenvalue weighted by atomic mass is 32.2.